The van der Waals surface area contributed by atoms with Crippen LogP contribution in [0.1, 0.15) is 52.0 Å². The zero-order valence-corrected chi connectivity index (χ0v) is 15.4. The maximum Gasteiger partial charge on any atom is 0.315 e. The second-order valence-corrected chi connectivity index (χ2v) is 8.10. The second-order valence-electron chi connectivity index (χ2n) is 7.32. The molecule has 0 fully saturated rings. The van der Waals surface area contributed by atoms with Crippen molar-refractivity contribution in [1.29, 1.82) is 0 Å². The number of Topliss-reactive ketones (excluding diaryl/α,β-unsaturated/α-hetero) is 1. The van der Waals surface area contributed by atoms with Gasteiger partial charge in [0.25, 0.3) is 0 Å². The van der Waals surface area contributed by atoms with Crippen LogP contribution in [0.2, 0.25) is 0 Å². The molecular formula is C19H23NO3S. The molecule has 5 heteroatoms. The third kappa shape index (κ3) is 2.97. The van der Waals surface area contributed by atoms with Crippen molar-refractivity contribution in [3.8, 4) is 0 Å². The van der Waals surface area contributed by atoms with Crippen LogP contribution in [0, 0.1) is 11.3 Å². The number of carbonyl (C=O) groups is 2. The van der Waals surface area contributed by atoms with Gasteiger partial charge in [0.15, 0.2) is 5.78 Å². The van der Waals surface area contributed by atoms with Gasteiger partial charge in [0.2, 0.25) is 0 Å². The highest BCUT2D eigenvalue weighted by Gasteiger charge is 2.46. The van der Waals surface area contributed by atoms with Crippen LogP contribution in [0.3, 0.4) is 0 Å². The smallest absolute Gasteiger partial charge is 0.315 e. The molecule has 2 aliphatic rings. The van der Waals surface area contributed by atoms with E-state index in [0.29, 0.717) is 13.0 Å². The monoisotopic (exact) mass is 345 g/mol. The number of rotatable bonds is 3. The molecule has 24 heavy (non-hydrogen) atoms. The molecule has 0 bridgehead atoms. The predicted octanol–water partition coefficient (Wildman–Crippen LogP) is 4.13. The molecule has 0 aromatic carbocycles. The van der Waals surface area contributed by atoms with Crippen molar-refractivity contribution >= 4 is 28.8 Å². The highest BCUT2D eigenvalue weighted by atomic mass is 32.1. The topological polar surface area (TPSA) is 55.7 Å². The number of allylic oxidation sites excluding steroid dienone is 2. The molecule has 1 aromatic rings. The van der Waals surface area contributed by atoms with Gasteiger partial charge in [-0.2, -0.15) is 11.3 Å². The Morgan fingerprint density at radius 1 is 1.42 bits per heavy atom. The third-order valence-corrected chi connectivity index (χ3v) is 5.45. The van der Waals surface area contributed by atoms with Crippen LogP contribution in [0.15, 0.2) is 33.1 Å². The quantitative estimate of drug-likeness (QED) is 0.774. The van der Waals surface area contributed by atoms with Gasteiger partial charge in [-0.25, -0.2) is 0 Å². The second kappa shape index (κ2) is 6.28. The Kier molecular flexibility index (Phi) is 4.47. The summed E-state index contributed by atoms with van der Waals surface area (Å²) >= 11 is 1.58. The average Bonchev–Trinajstić information content (AvgIpc) is 2.98. The van der Waals surface area contributed by atoms with E-state index < -0.39 is 5.92 Å². The highest BCUT2D eigenvalue weighted by molar-refractivity contribution is 7.08. The van der Waals surface area contributed by atoms with E-state index in [1.807, 2.05) is 23.8 Å². The number of hydrogen-bond donors (Lipinski definition) is 0. The standard InChI is InChI=1S/C19H23NO3S/c1-5-23-18(22)15-11(2)20-13-8-19(3,4)9-14(21)17(13)16(15)12-6-7-24-10-12/h6-7,10,15-16H,5,8-9H2,1-4H3/t15?,16-/m1/s1. The number of hydrogen-bond acceptors (Lipinski definition) is 5. The lowest BCUT2D eigenvalue weighted by molar-refractivity contribution is -0.146. The molecule has 0 radical (unpaired) electrons. The normalized spacial score (nSPS) is 26.0. The molecule has 0 saturated heterocycles. The minimum atomic E-state index is -0.511. The highest BCUT2D eigenvalue weighted by Crippen LogP contribution is 2.48. The Morgan fingerprint density at radius 2 is 2.17 bits per heavy atom. The molecular weight excluding hydrogens is 322 g/mol. The first kappa shape index (κ1) is 17.1. The summed E-state index contributed by atoms with van der Waals surface area (Å²) in [5.74, 6) is -0.961. The number of ketones is 1. The molecule has 0 amide bonds. The van der Waals surface area contributed by atoms with E-state index in [0.717, 1.165) is 29.0 Å². The lowest BCUT2D eigenvalue weighted by atomic mass is 9.67. The van der Waals surface area contributed by atoms with E-state index in [1.165, 1.54) is 0 Å². The van der Waals surface area contributed by atoms with E-state index in [2.05, 4.69) is 18.8 Å². The molecule has 128 valence electrons. The number of esters is 1. The number of thiophene rings is 1. The van der Waals surface area contributed by atoms with Gasteiger partial charge in [-0.3, -0.25) is 14.6 Å². The largest absolute Gasteiger partial charge is 0.465 e. The minimum Gasteiger partial charge on any atom is -0.465 e. The molecule has 2 heterocycles. The Bertz CT molecular complexity index is 728. The van der Waals surface area contributed by atoms with Gasteiger partial charge in [0.05, 0.1) is 6.61 Å². The van der Waals surface area contributed by atoms with Gasteiger partial charge >= 0.3 is 5.97 Å². The summed E-state index contributed by atoms with van der Waals surface area (Å²) in [5.41, 5.74) is 3.24. The molecule has 0 N–H and O–H groups in total. The van der Waals surface area contributed by atoms with Crippen LogP contribution in [-0.2, 0) is 14.3 Å². The number of aliphatic imine (C=N–C) groups is 1. The summed E-state index contributed by atoms with van der Waals surface area (Å²) in [4.78, 5) is 30.2. The number of nitrogens with zero attached hydrogens (tertiary/aromatic N) is 1. The summed E-state index contributed by atoms with van der Waals surface area (Å²) < 4.78 is 5.29. The Balaban J connectivity index is 2.13. The molecule has 3 rings (SSSR count). The number of carbonyl (C=O) groups excluding carboxylic acids is 2. The van der Waals surface area contributed by atoms with Crippen molar-refractivity contribution < 1.29 is 14.3 Å². The van der Waals surface area contributed by atoms with E-state index in [4.69, 9.17) is 4.74 Å². The van der Waals surface area contributed by atoms with Crippen LogP contribution < -0.4 is 0 Å². The molecule has 1 aromatic heterocycles. The summed E-state index contributed by atoms with van der Waals surface area (Å²) in [6.45, 7) is 8.18. The number of ether oxygens (including phenoxy) is 1. The van der Waals surface area contributed by atoms with Crippen molar-refractivity contribution in [3.63, 3.8) is 0 Å². The van der Waals surface area contributed by atoms with Crippen LogP contribution in [0.5, 0.6) is 0 Å². The zero-order valence-electron chi connectivity index (χ0n) is 14.6. The molecule has 1 aliphatic heterocycles. The Labute approximate surface area is 146 Å². The minimum absolute atomic E-state index is 0.0876. The van der Waals surface area contributed by atoms with Crippen LogP contribution in [0.4, 0.5) is 0 Å². The maximum absolute atomic E-state index is 12.9. The summed E-state index contributed by atoms with van der Waals surface area (Å²) in [5, 5.41) is 4.00. The van der Waals surface area contributed by atoms with Crippen molar-refractivity contribution in [1.82, 2.24) is 0 Å². The average molecular weight is 345 g/mol. The van der Waals surface area contributed by atoms with Gasteiger partial charge in [0.1, 0.15) is 5.92 Å². The third-order valence-electron chi connectivity index (χ3n) is 4.74. The summed E-state index contributed by atoms with van der Waals surface area (Å²) in [6.07, 6.45) is 1.26. The maximum atomic E-state index is 12.9. The van der Waals surface area contributed by atoms with Gasteiger partial charge in [0, 0.05) is 29.3 Å². The van der Waals surface area contributed by atoms with Crippen LogP contribution in [-0.4, -0.2) is 24.1 Å². The van der Waals surface area contributed by atoms with Crippen LogP contribution in [0.25, 0.3) is 0 Å². The fourth-order valence-corrected chi connectivity index (χ4v) is 4.49. The van der Waals surface area contributed by atoms with E-state index in [9.17, 15) is 9.59 Å². The SMILES string of the molecule is CCOC(=O)C1C(C)=NC2=C(C(=O)CC(C)(C)C2)[C@@H]1c1ccsc1. The van der Waals surface area contributed by atoms with Gasteiger partial charge < -0.3 is 4.74 Å². The molecule has 1 aliphatic carbocycles. The first-order chi connectivity index (χ1) is 11.3. The predicted molar refractivity (Wildman–Crippen MR) is 95.3 cm³/mol. The fourth-order valence-electron chi connectivity index (χ4n) is 3.79. The summed E-state index contributed by atoms with van der Waals surface area (Å²) in [7, 11) is 0. The first-order valence-corrected chi connectivity index (χ1v) is 9.28. The lowest BCUT2D eigenvalue weighted by Crippen LogP contribution is -2.39. The van der Waals surface area contributed by atoms with Crippen LogP contribution >= 0.6 is 11.3 Å². The molecule has 2 atom stereocenters. The molecule has 4 nitrogen and oxygen atoms in total. The lowest BCUT2D eigenvalue weighted by Gasteiger charge is -2.38. The Hall–Kier alpha value is -1.75. The Morgan fingerprint density at radius 3 is 2.79 bits per heavy atom. The summed E-state index contributed by atoms with van der Waals surface area (Å²) in [6, 6.07) is 2.00. The molecule has 0 spiro atoms. The van der Waals surface area contributed by atoms with Crippen molar-refractivity contribution in [2.75, 3.05) is 6.61 Å². The van der Waals surface area contributed by atoms with Crippen molar-refractivity contribution in [2.24, 2.45) is 16.3 Å². The van der Waals surface area contributed by atoms with Gasteiger partial charge in [-0.1, -0.05) is 13.8 Å². The van der Waals surface area contributed by atoms with E-state index in [-0.39, 0.29) is 23.1 Å². The van der Waals surface area contributed by atoms with Crippen molar-refractivity contribution in [3.05, 3.63) is 33.7 Å². The molecule has 0 saturated carbocycles. The zero-order chi connectivity index (χ0) is 17.5. The first-order valence-electron chi connectivity index (χ1n) is 8.34. The van der Waals surface area contributed by atoms with Gasteiger partial charge in [-0.05, 0) is 48.1 Å². The van der Waals surface area contributed by atoms with E-state index in [1.54, 1.807) is 18.3 Å². The fraction of sp³-hybridized carbons (Fsp3) is 0.526. The molecule has 1 unspecified atom stereocenters. The van der Waals surface area contributed by atoms with Crippen molar-refractivity contribution in [2.45, 2.75) is 46.5 Å². The van der Waals surface area contributed by atoms with E-state index >= 15 is 0 Å². The van der Waals surface area contributed by atoms with Gasteiger partial charge in [-0.15, -0.1) is 0 Å².